The zero-order chi connectivity index (χ0) is 17.6. The fraction of sp³-hybridized carbons (Fsp3) is 0.167. The number of benzene rings is 2. The van der Waals surface area contributed by atoms with Crippen LogP contribution in [0.2, 0.25) is 0 Å². The number of carbonyl (C=O) groups is 1. The Morgan fingerprint density at radius 3 is 2.80 bits per heavy atom. The van der Waals surface area contributed by atoms with Crippen molar-refractivity contribution in [1.29, 1.82) is 0 Å². The molecule has 0 bridgehead atoms. The van der Waals surface area contributed by atoms with Gasteiger partial charge in [0.25, 0.3) is 5.91 Å². The van der Waals surface area contributed by atoms with E-state index in [9.17, 15) is 4.79 Å². The fourth-order valence-corrected chi connectivity index (χ4v) is 2.25. The summed E-state index contributed by atoms with van der Waals surface area (Å²) in [5.41, 5.74) is 6.52. The van der Waals surface area contributed by atoms with Crippen molar-refractivity contribution in [2.45, 2.75) is 20.4 Å². The largest absolute Gasteiger partial charge is 0.271 e. The maximum absolute atomic E-state index is 11.9. The zero-order valence-corrected chi connectivity index (χ0v) is 14.0. The zero-order valence-electron chi connectivity index (χ0n) is 14.0. The van der Waals surface area contributed by atoms with Gasteiger partial charge in [-0.2, -0.15) is 9.90 Å². The number of amides is 1. The van der Waals surface area contributed by atoms with E-state index in [4.69, 9.17) is 0 Å². The number of nitrogens with zero attached hydrogens (tertiary/aromatic N) is 5. The lowest BCUT2D eigenvalue weighted by Gasteiger charge is -2.02. The molecule has 7 nitrogen and oxygen atoms in total. The van der Waals surface area contributed by atoms with Crippen LogP contribution in [-0.4, -0.2) is 32.3 Å². The smallest absolute Gasteiger partial charge is 0.263 e. The van der Waals surface area contributed by atoms with E-state index in [0.717, 1.165) is 22.3 Å². The molecule has 0 fully saturated rings. The van der Waals surface area contributed by atoms with Gasteiger partial charge in [0.15, 0.2) is 0 Å². The molecule has 126 valence electrons. The van der Waals surface area contributed by atoms with Crippen LogP contribution in [0, 0.1) is 13.8 Å². The third-order valence-electron chi connectivity index (χ3n) is 3.60. The summed E-state index contributed by atoms with van der Waals surface area (Å²) < 4.78 is 0. The fourth-order valence-electron chi connectivity index (χ4n) is 2.25. The minimum absolute atomic E-state index is 0.0516. The first-order chi connectivity index (χ1) is 12.1. The highest BCUT2D eigenvalue weighted by atomic mass is 16.2. The van der Waals surface area contributed by atoms with Crippen LogP contribution in [0.15, 0.2) is 53.6 Å². The molecule has 0 radical (unpaired) electrons. The van der Waals surface area contributed by atoms with Crippen LogP contribution in [0.5, 0.6) is 0 Å². The van der Waals surface area contributed by atoms with Crippen LogP contribution in [0.4, 0.5) is 0 Å². The van der Waals surface area contributed by atoms with Gasteiger partial charge in [0.1, 0.15) is 6.54 Å². The van der Waals surface area contributed by atoms with Crippen LogP contribution < -0.4 is 5.43 Å². The molecule has 0 unspecified atom stereocenters. The normalized spacial score (nSPS) is 11.0. The molecule has 0 aliphatic carbocycles. The number of hydrogen-bond acceptors (Lipinski definition) is 5. The standard InChI is InChI=1S/C18H18N6O/c1-13-8-9-14(2)16(10-13)11-19-20-17(25)12-24-22-18(21-23-24)15-6-4-3-5-7-15/h3-11H,12H2,1-2H3,(H,20,25)/b19-11+. The molecule has 25 heavy (non-hydrogen) atoms. The number of nitrogens with one attached hydrogen (secondary N) is 1. The molecule has 1 amide bonds. The molecule has 3 rings (SSSR count). The van der Waals surface area contributed by atoms with Gasteiger partial charge in [-0.1, -0.05) is 54.1 Å². The van der Waals surface area contributed by atoms with Crippen molar-refractivity contribution in [2.75, 3.05) is 0 Å². The van der Waals surface area contributed by atoms with Gasteiger partial charge >= 0.3 is 0 Å². The topological polar surface area (TPSA) is 85.1 Å². The van der Waals surface area contributed by atoms with E-state index in [-0.39, 0.29) is 12.5 Å². The predicted octanol–water partition coefficient (Wildman–Crippen LogP) is 2.11. The number of carbonyl (C=O) groups excluding carboxylic acids is 1. The highest BCUT2D eigenvalue weighted by molar-refractivity contribution is 5.83. The van der Waals surface area contributed by atoms with Crippen LogP contribution >= 0.6 is 0 Å². The van der Waals surface area contributed by atoms with Crippen molar-refractivity contribution in [3.63, 3.8) is 0 Å². The van der Waals surface area contributed by atoms with Crippen molar-refractivity contribution < 1.29 is 4.79 Å². The van der Waals surface area contributed by atoms with Gasteiger partial charge in [0, 0.05) is 5.56 Å². The second-order valence-electron chi connectivity index (χ2n) is 5.66. The number of rotatable bonds is 5. The van der Waals surface area contributed by atoms with E-state index in [1.54, 1.807) is 6.21 Å². The third-order valence-corrected chi connectivity index (χ3v) is 3.60. The van der Waals surface area contributed by atoms with Crippen molar-refractivity contribution >= 4 is 12.1 Å². The molecule has 1 N–H and O–H groups in total. The summed E-state index contributed by atoms with van der Waals surface area (Å²) in [6.45, 7) is 3.95. The van der Waals surface area contributed by atoms with E-state index >= 15 is 0 Å². The summed E-state index contributed by atoms with van der Waals surface area (Å²) in [6.07, 6.45) is 1.63. The van der Waals surface area contributed by atoms with E-state index in [0.29, 0.717) is 5.82 Å². The average Bonchev–Trinajstić information content (AvgIpc) is 3.07. The lowest BCUT2D eigenvalue weighted by molar-refractivity contribution is -0.122. The Morgan fingerprint density at radius 2 is 2.00 bits per heavy atom. The van der Waals surface area contributed by atoms with E-state index in [2.05, 4.69) is 25.9 Å². The van der Waals surface area contributed by atoms with E-state index in [1.807, 2.05) is 62.4 Å². The van der Waals surface area contributed by atoms with E-state index < -0.39 is 0 Å². The molecule has 0 aliphatic heterocycles. The summed E-state index contributed by atoms with van der Waals surface area (Å²) in [6, 6.07) is 15.5. The maximum Gasteiger partial charge on any atom is 0.263 e. The molecule has 1 heterocycles. The Kier molecular flexibility index (Phi) is 4.94. The van der Waals surface area contributed by atoms with Crippen molar-refractivity contribution in [2.24, 2.45) is 5.10 Å². The minimum Gasteiger partial charge on any atom is -0.271 e. The van der Waals surface area contributed by atoms with Crippen LogP contribution in [0.3, 0.4) is 0 Å². The van der Waals surface area contributed by atoms with Gasteiger partial charge in [-0.25, -0.2) is 5.43 Å². The number of aryl methyl sites for hydroxylation is 2. The first kappa shape index (κ1) is 16.5. The molecule has 3 aromatic rings. The van der Waals surface area contributed by atoms with Gasteiger partial charge in [0.2, 0.25) is 5.82 Å². The van der Waals surface area contributed by atoms with Gasteiger partial charge in [0.05, 0.1) is 6.21 Å². The summed E-state index contributed by atoms with van der Waals surface area (Å²) in [7, 11) is 0. The Hall–Kier alpha value is -3.35. The van der Waals surface area contributed by atoms with Crippen molar-refractivity contribution in [3.8, 4) is 11.4 Å². The van der Waals surface area contributed by atoms with Gasteiger partial charge in [-0.3, -0.25) is 4.79 Å². The van der Waals surface area contributed by atoms with Gasteiger partial charge < -0.3 is 0 Å². The number of hydrogen-bond donors (Lipinski definition) is 1. The Bertz CT molecular complexity index is 901. The number of hydrazone groups is 1. The average molecular weight is 334 g/mol. The third kappa shape index (κ3) is 4.35. The second-order valence-corrected chi connectivity index (χ2v) is 5.66. The number of aromatic nitrogens is 4. The lowest BCUT2D eigenvalue weighted by Crippen LogP contribution is -2.24. The Morgan fingerprint density at radius 1 is 1.20 bits per heavy atom. The quantitative estimate of drug-likeness (QED) is 0.572. The number of tetrazole rings is 1. The van der Waals surface area contributed by atoms with Gasteiger partial charge in [-0.15, -0.1) is 10.2 Å². The molecule has 0 spiro atoms. The highest BCUT2D eigenvalue weighted by Gasteiger charge is 2.08. The van der Waals surface area contributed by atoms with Crippen LogP contribution in [-0.2, 0) is 11.3 Å². The predicted molar refractivity (Wildman–Crippen MR) is 94.9 cm³/mol. The second kappa shape index (κ2) is 7.48. The molecule has 0 saturated carbocycles. The van der Waals surface area contributed by atoms with Crippen molar-refractivity contribution in [1.82, 2.24) is 25.6 Å². The Labute approximate surface area is 145 Å². The van der Waals surface area contributed by atoms with E-state index in [1.165, 1.54) is 4.80 Å². The molecular formula is C18H18N6O. The maximum atomic E-state index is 11.9. The van der Waals surface area contributed by atoms with Gasteiger partial charge in [-0.05, 0) is 30.2 Å². The first-order valence-electron chi connectivity index (χ1n) is 7.84. The molecule has 1 aromatic heterocycles. The summed E-state index contributed by atoms with van der Waals surface area (Å²) in [5.74, 6) is 0.158. The molecule has 7 heteroatoms. The highest BCUT2D eigenvalue weighted by Crippen LogP contribution is 2.11. The van der Waals surface area contributed by atoms with Crippen LogP contribution in [0.25, 0.3) is 11.4 Å². The van der Waals surface area contributed by atoms with Crippen molar-refractivity contribution in [3.05, 3.63) is 65.2 Å². The lowest BCUT2D eigenvalue weighted by atomic mass is 10.1. The Balaban J connectivity index is 1.59. The summed E-state index contributed by atoms with van der Waals surface area (Å²) in [5, 5.41) is 16.0. The molecule has 0 aliphatic rings. The first-order valence-corrected chi connectivity index (χ1v) is 7.84. The monoisotopic (exact) mass is 334 g/mol. The minimum atomic E-state index is -0.321. The summed E-state index contributed by atoms with van der Waals surface area (Å²) >= 11 is 0. The molecular weight excluding hydrogens is 316 g/mol. The molecule has 0 atom stereocenters. The molecule has 0 saturated heterocycles. The SMILES string of the molecule is Cc1ccc(C)c(/C=N/NC(=O)Cn2nnc(-c3ccccc3)n2)c1. The molecule has 2 aromatic carbocycles. The summed E-state index contributed by atoms with van der Waals surface area (Å²) in [4.78, 5) is 13.2. The van der Waals surface area contributed by atoms with Crippen LogP contribution in [0.1, 0.15) is 16.7 Å².